The van der Waals surface area contributed by atoms with Gasteiger partial charge in [0.15, 0.2) is 11.5 Å². The van der Waals surface area contributed by atoms with Gasteiger partial charge in [-0.05, 0) is 57.6 Å². The first-order valence-electron chi connectivity index (χ1n) is 13.3. The Labute approximate surface area is 247 Å². The molecule has 8 heteroatoms. The second kappa shape index (κ2) is 10.1. The van der Waals surface area contributed by atoms with Gasteiger partial charge >= 0.3 is 0 Å². The lowest BCUT2D eigenvalue weighted by Crippen LogP contribution is -2.41. The monoisotopic (exact) mass is 582 g/mol. The fourth-order valence-electron chi connectivity index (χ4n) is 6.59. The van der Waals surface area contributed by atoms with Crippen LogP contribution in [-0.4, -0.2) is 30.1 Å². The molecule has 4 aromatic rings. The summed E-state index contributed by atoms with van der Waals surface area (Å²) >= 11 is 12.5. The molecule has 1 saturated heterocycles. The van der Waals surface area contributed by atoms with Gasteiger partial charge in [0.05, 0.1) is 30.2 Å². The summed E-state index contributed by atoms with van der Waals surface area (Å²) in [5.74, 6) is -1.11. The number of hydrazone groups is 1. The van der Waals surface area contributed by atoms with Gasteiger partial charge < -0.3 is 9.47 Å². The first-order valence-corrected chi connectivity index (χ1v) is 14.1. The lowest BCUT2D eigenvalue weighted by atomic mass is 9.55. The van der Waals surface area contributed by atoms with Crippen molar-refractivity contribution in [3.8, 4) is 11.5 Å². The van der Waals surface area contributed by atoms with Gasteiger partial charge in [-0.3, -0.25) is 9.59 Å². The van der Waals surface area contributed by atoms with E-state index < -0.39 is 11.8 Å². The van der Waals surface area contributed by atoms with Gasteiger partial charge in [-0.1, -0.05) is 83.9 Å². The van der Waals surface area contributed by atoms with E-state index >= 15 is 0 Å². The smallest absolute Gasteiger partial charge is 0.254 e. The fraction of sp³-hybridized carbons (Fsp3) is 0.182. The molecule has 1 fully saturated rings. The van der Waals surface area contributed by atoms with Gasteiger partial charge in [-0.2, -0.15) is 10.1 Å². The highest BCUT2D eigenvalue weighted by molar-refractivity contribution is 6.32. The number of hydrogen-bond donors (Lipinski definition) is 0. The average molecular weight is 583 g/mol. The Hall–Kier alpha value is -4.13. The predicted octanol–water partition coefficient (Wildman–Crippen LogP) is 6.81. The van der Waals surface area contributed by atoms with Gasteiger partial charge in [0.1, 0.15) is 6.61 Å². The molecule has 204 valence electrons. The number of imide groups is 1. The molecule has 2 amide bonds. The van der Waals surface area contributed by atoms with Crippen LogP contribution in [0.4, 0.5) is 0 Å². The van der Waals surface area contributed by atoms with Gasteiger partial charge in [0.25, 0.3) is 11.8 Å². The maximum Gasteiger partial charge on any atom is 0.254 e. The number of carbonyl (C=O) groups excluding carboxylic acids is 2. The summed E-state index contributed by atoms with van der Waals surface area (Å²) < 4.78 is 11.5. The Bertz CT molecular complexity index is 1620. The SMILES string of the molecule is COc1cc(/C=N\N2C(=O)[C@H]3C4c5ccccc5C(c5ccccc54)[C@@H]3C2=O)cc(Cl)c1OCc1ccc(Cl)cc1. The second-order valence-corrected chi connectivity index (χ2v) is 11.3. The molecule has 8 rings (SSSR count). The van der Waals surface area contributed by atoms with Crippen molar-refractivity contribution in [1.29, 1.82) is 0 Å². The van der Waals surface area contributed by atoms with Crippen molar-refractivity contribution < 1.29 is 19.1 Å². The molecule has 0 radical (unpaired) electrons. The van der Waals surface area contributed by atoms with E-state index in [0.717, 1.165) is 32.8 Å². The molecule has 4 aliphatic rings. The van der Waals surface area contributed by atoms with Crippen LogP contribution in [0.15, 0.2) is 90.0 Å². The molecule has 2 bridgehead atoms. The van der Waals surface area contributed by atoms with E-state index in [2.05, 4.69) is 29.4 Å². The van der Waals surface area contributed by atoms with E-state index in [9.17, 15) is 9.59 Å². The largest absolute Gasteiger partial charge is 0.493 e. The quantitative estimate of drug-likeness (QED) is 0.185. The molecular formula is C33H24Cl2N2O4. The zero-order chi connectivity index (χ0) is 28.2. The molecule has 0 aromatic heterocycles. The summed E-state index contributed by atoms with van der Waals surface area (Å²) in [6.45, 7) is 0.271. The van der Waals surface area contributed by atoms with Crippen LogP contribution in [0, 0.1) is 11.8 Å². The van der Waals surface area contributed by atoms with Crippen LogP contribution in [0.3, 0.4) is 0 Å². The van der Waals surface area contributed by atoms with Crippen molar-refractivity contribution in [2.24, 2.45) is 16.9 Å². The topological polar surface area (TPSA) is 68.2 Å². The number of methoxy groups -OCH3 is 1. The number of halogens is 2. The summed E-state index contributed by atoms with van der Waals surface area (Å²) in [5.41, 5.74) is 5.97. The third kappa shape index (κ3) is 4.13. The zero-order valence-corrected chi connectivity index (χ0v) is 23.5. The van der Waals surface area contributed by atoms with Crippen molar-refractivity contribution in [3.63, 3.8) is 0 Å². The Kier molecular flexibility index (Phi) is 6.33. The third-order valence-electron chi connectivity index (χ3n) is 8.30. The summed E-state index contributed by atoms with van der Waals surface area (Å²) in [6, 6.07) is 27.0. The summed E-state index contributed by atoms with van der Waals surface area (Å²) in [5, 5.41) is 6.39. The first kappa shape index (κ1) is 25.8. The first-order chi connectivity index (χ1) is 20.0. The van der Waals surface area contributed by atoms with Gasteiger partial charge in [0.2, 0.25) is 0 Å². The predicted molar refractivity (Wildman–Crippen MR) is 157 cm³/mol. The van der Waals surface area contributed by atoms with Crippen LogP contribution in [-0.2, 0) is 16.2 Å². The Morgan fingerprint density at radius 2 is 1.34 bits per heavy atom. The lowest BCUT2D eigenvalue weighted by Gasteiger charge is -2.45. The molecular weight excluding hydrogens is 559 g/mol. The molecule has 0 saturated carbocycles. The highest BCUT2D eigenvalue weighted by Gasteiger charge is 2.61. The molecule has 0 unspecified atom stereocenters. The molecule has 4 aromatic carbocycles. The Morgan fingerprint density at radius 3 is 1.85 bits per heavy atom. The lowest BCUT2D eigenvalue weighted by molar-refractivity contribution is -0.139. The van der Waals surface area contributed by atoms with Crippen LogP contribution < -0.4 is 9.47 Å². The van der Waals surface area contributed by atoms with Crippen LogP contribution in [0.2, 0.25) is 10.0 Å². The number of nitrogens with zero attached hydrogens (tertiary/aromatic N) is 2. The van der Waals surface area contributed by atoms with Crippen molar-refractivity contribution in [2.75, 3.05) is 7.11 Å². The van der Waals surface area contributed by atoms with Crippen molar-refractivity contribution in [3.05, 3.63) is 128 Å². The van der Waals surface area contributed by atoms with E-state index in [1.54, 1.807) is 24.3 Å². The maximum absolute atomic E-state index is 13.8. The molecule has 6 nitrogen and oxygen atoms in total. The summed E-state index contributed by atoms with van der Waals surface area (Å²) in [4.78, 5) is 27.6. The minimum Gasteiger partial charge on any atom is -0.493 e. The Morgan fingerprint density at radius 1 is 0.805 bits per heavy atom. The molecule has 1 aliphatic heterocycles. The zero-order valence-electron chi connectivity index (χ0n) is 22.0. The van der Waals surface area contributed by atoms with Crippen LogP contribution >= 0.6 is 23.2 Å². The molecule has 0 spiro atoms. The number of benzene rings is 4. The molecule has 41 heavy (non-hydrogen) atoms. The minimum atomic E-state index is -0.490. The Balaban J connectivity index is 1.17. The number of rotatable bonds is 6. The number of carbonyl (C=O) groups is 2. The van der Waals surface area contributed by atoms with Gasteiger partial charge in [-0.25, -0.2) is 0 Å². The standard InChI is InChI=1S/C33H24Cl2N2O4/c1-40-26-15-19(14-25(35)31(26)41-17-18-10-12-20(34)13-11-18)16-36-37-32(38)29-27-21-6-2-3-7-22(21)28(30(29)33(37)39)24-9-5-4-8-23(24)27/h2-16,27-30H,17H2,1H3/b36-16-/t27?,28?,29-,30-/m0/s1. The number of ether oxygens (including phenoxy) is 2. The minimum absolute atomic E-state index is 0.180. The van der Waals surface area contributed by atoms with Crippen LogP contribution in [0.1, 0.15) is 45.2 Å². The van der Waals surface area contributed by atoms with E-state index in [-0.39, 0.29) is 30.3 Å². The normalized spacial score (nSPS) is 22.1. The van der Waals surface area contributed by atoms with Crippen molar-refractivity contribution >= 4 is 41.2 Å². The molecule has 2 atom stereocenters. The third-order valence-corrected chi connectivity index (χ3v) is 8.83. The van der Waals surface area contributed by atoms with E-state index in [1.807, 2.05) is 36.4 Å². The summed E-state index contributed by atoms with van der Waals surface area (Å²) in [7, 11) is 1.52. The van der Waals surface area contributed by atoms with Crippen molar-refractivity contribution in [1.82, 2.24) is 5.01 Å². The summed E-state index contributed by atoms with van der Waals surface area (Å²) in [6.07, 6.45) is 1.46. The van der Waals surface area contributed by atoms with Crippen LogP contribution in [0.25, 0.3) is 0 Å². The second-order valence-electron chi connectivity index (χ2n) is 10.4. The molecule has 1 heterocycles. The van der Waals surface area contributed by atoms with E-state index in [1.165, 1.54) is 13.3 Å². The number of hydrogen-bond acceptors (Lipinski definition) is 5. The molecule has 0 N–H and O–H groups in total. The van der Waals surface area contributed by atoms with E-state index in [0.29, 0.717) is 27.1 Å². The van der Waals surface area contributed by atoms with Crippen LogP contribution in [0.5, 0.6) is 11.5 Å². The highest BCUT2D eigenvalue weighted by Crippen LogP contribution is 2.61. The molecule has 3 aliphatic carbocycles. The maximum atomic E-state index is 13.8. The van der Waals surface area contributed by atoms with E-state index in [4.69, 9.17) is 32.7 Å². The highest BCUT2D eigenvalue weighted by atomic mass is 35.5. The van der Waals surface area contributed by atoms with Gasteiger partial charge in [0, 0.05) is 16.9 Å². The average Bonchev–Trinajstić information content (AvgIpc) is 3.25. The fourth-order valence-corrected chi connectivity index (χ4v) is 6.99. The van der Waals surface area contributed by atoms with Crippen molar-refractivity contribution in [2.45, 2.75) is 18.4 Å². The number of amides is 2. The van der Waals surface area contributed by atoms with Gasteiger partial charge in [-0.15, -0.1) is 0 Å².